The molecule has 0 heterocycles. The highest BCUT2D eigenvalue weighted by Crippen LogP contribution is 1.96. The van der Waals surface area contributed by atoms with E-state index >= 15 is 0 Å². The van der Waals surface area contributed by atoms with Gasteiger partial charge in [0.1, 0.15) is 0 Å². The standard InChI is InChI=1S/C8H16INO/c1-2-3-4-5-6-10-8(11)7-9/h2-7H2,1H3,(H,10,11). The van der Waals surface area contributed by atoms with Crippen molar-refractivity contribution in [1.82, 2.24) is 5.32 Å². The summed E-state index contributed by atoms with van der Waals surface area (Å²) in [6.07, 6.45) is 4.88. The molecule has 0 saturated heterocycles. The number of unbranched alkanes of at least 4 members (excludes halogenated alkanes) is 3. The SMILES string of the molecule is CCCCCCNC(=O)CI. The van der Waals surface area contributed by atoms with E-state index in [1.165, 1.54) is 19.3 Å². The monoisotopic (exact) mass is 269 g/mol. The van der Waals surface area contributed by atoms with Crippen molar-refractivity contribution < 1.29 is 4.79 Å². The molecule has 66 valence electrons. The van der Waals surface area contributed by atoms with E-state index in [1.54, 1.807) is 0 Å². The third-order valence-electron chi connectivity index (χ3n) is 1.47. The molecule has 0 bridgehead atoms. The van der Waals surface area contributed by atoms with Gasteiger partial charge in [0.25, 0.3) is 0 Å². The van der Waals surface area contributed by atoms with Crippen LogP contribution in [0.25, 0.3) is 0 Å². The van der Waals surface area contributed by atoms with Gasteiger partial charge in [0, 0.05) is 6.54 Å². The lowest BCUT2D eigenvalue weighted by molar-refractivity contribution is -0.118. The Hall–Kier alpha value is 0.200. The molecular formula is C8H16INO. The van der Waals surface area contributed by atoms with Gasteiger partial charge in [-0.1, -0.05) is 48.8 Å². The average Bonchev–Trinajstić information content (AvgIpc) is 2.04. The van der Waals surface area contributed by atoms with Gasteiger partial charge in [0.2, 0.25) is 5.91 Å². The zero-order valence-corrected chi connectivity index (χ0v) is 9.19. The maximum Gasteiger partial charge on any atom is 0.229 e. The second-order valence-corrected chi connectivity index (χ2v) is 3.31. The topological polar surface area (TPSA) is 29.1 Å². The third kappa shape index (κ3) is 8.10. The van der Waals surface area contributed by atoms with E-state index in [4.69, 9.17) is 0 Å². The quantitative estimate of drug-likeness (QED) is 0.446. The molecule has 2 nitrogen and oxygen atoms in total. The Bertz CT molecular complexity index is 106. The van der Waals surface area contributed by atoms with Crippen LogP contribution in [-0.2, 0) is 4.79 Å². The number of hydrogen-bond acceptors (Lipinski definition) is 1. The Balaban J connectivity index is 2.95. The van der Waals surface area contributed by atoms with Crippen LogP contribution in [0.4, 0.5) is 0 Å². The Kier molecular flexibility index (Phi) is 8.45. The Morgan fingerprint density at radius 2 is 2.09 bits per heavy atom. The first kappa shape index (κ1) is 11.2. The van der Waals surface area contributed by atoms with Crippen LogP contribution in [0.3, 0.4) is 0 Å². The highest BCUT2D eigenvalue weighted by molar-refractivity contribution is 14.1. The number of carbonyl (C=O) groups is 1. The van der Waals surface area contributed by atoms with Crippen molar-refractivity contribution in [3.05, 3.63) is 0 Å². The fourth-order valence-electron chi connectivity index (χ4n) is 0.827. The number of hydrogen-bond donors (Lipinski definition) is 1. The summed E-state index contributed by atoms with van der Waals surface area (Å²) in [5.74, 6) is 0.155. The lowest BCUT2D eigenvalue weighted by atomic mass is 10.2. The Morgan fingerprint density at radius 3 is 2.64 bits per heavy atom. The first-order valence-electron chi connectivity index (χ1n) is 4.14. The predicted molar refractivity (Wildman–Crippen MR) is 56.0 cm³/mol. The van der Waals surface area contributed by atoms with Crippen LogP contribution >= 0.6 is 22.6 Å². The van der Waals surface area contributed by atoms with Gasteiger partial charge in [0.15, 0.2) is 0 Å². The van der Waals surface area contributed by atoms with E-state index < -0.39 is 0 Å². The molecule has 0 aromatic carbocycles. The van der Waals surface area contributed by atoms with Crippen LogP contribution < -0.4 is 5.32 Å². The molecule has 0 fully saturated rings. The van der Waals surface area contributed by atoms with Crippen LogP contribution in [0.15, 0.2) is 0 Å². The fraction of sp³-hybridized carbons (Fsp3) is 0.875. The first-order valence-corrected chi connectivity index (χ1v) is 5.66. The summed E-state index contributed by atoms with van der Waals surface area (Å²) >= 11 is 2.07. The lowest BCUT2D eigenvalue weighted by Gasteiger charge is -2.01. The molecule has 0 spiro atoms. The summed E-state index contributed by atoms with van der Waals surface area (Å²) in [5, 5.41) is 2.84. The molecule has 0 atom stereocenters. The van der Waals surface area contributed by atoms with Gasteiger partial charge >= 0.3 is 0 Å². The highest BCUT2D eigenvalue weighted by Gasteiger charge is 1.94. The van der Waals surface area contributed by atoms with Gasteiger partial charge in [-0.2, -0.15) is 0 Å². The molecule has 1 N–H and O–H groups in total. The molecule has 1 amide bonds. The van der Waals surface area contributed by atoms with Crippen molar-refractivity contribution in [2.24, 2.45) is 0 Å². The number of rotatable bonds is 6. The van der Waals surface area contributed by atoms with Crippen LogP contribution in [0.5, 0.6) is 0 Å². The smallest absolute Gasteiger partial charge is 0.229 e. The van der Waals surface area contributed by atoms with E-state index in [0.717, 1.165) is 13.0 Å². The maximum absolute atomic E-state index is 10.7. The van der Waals surface area contributed by atoms with E-state index in [9.17, 15) is 4.79 Å². The van der Waals surface area contributed by atoms with E-state index in [0.29, 0.717) is 4.43 Å². The Morgan fingerprint density at radius 1 is 1.36 bits per heavy atom. The summed E-state index contributed by atoms with van der Waals surface area (Å²) in [7, 11) is 0. The van der Waals surface area contributed by atoms with Crippen LogP contribution in [0.2, 0.25) is 0 Å². The number of carbonyl (C=O) groups excluding carboxylic acids is 1. The maximum atomic E-state index is 10.7. The molecule has 0 rings (SSSR count). The molecule has 0 unspecified atom stereocenters. The molecule has 0 radical (unpaired) electrons. The largest absolute Gasteiger partial charge is 0.355 e. The van der Waals surface area contributed by atoms with Crippen molar-refractivity contribution in [3.8, 4) is 0 Å². The first-order chi connectivity index (χ1) is 5.31. The minimum absolute atomic E-state index is 0.155. The summed E-state index contributed by atoms with van der Waals surface area (Å²) in [5.41, 5.74) is 0. The van der Waals surface area contributed by atoms with E-state index in [2.05, 4.69) is 34.8 Å². The number of halogens is 1. The van der Waals surface area contributed by atoms with Crippen molar-refractivity contribution >= 4 is 28.5 Å². The Labute approximate surface area is 82.3 Å². The molecule has 0 aromatic heterocycles. The zero-order chi connectivity index (χ0) is 8.53. The highest BCUT2D eigenvalue weighted by atomic mass is 127. The number of nitrogens with one attached hydrogen (secondary N) is 1. The molecule has 11 heavy (non-hydrogen) atoms. The van der Waals surface area contributed by atoms with Gasteiger partial charge < -0.3 is 5.32 Å². The van der Waals surface area contributed by atoms with Gasteiger partial charge in [-0.3, -0.25) is 4.79 Å². The van der Waals surface area contributed by atoms with Crippen molar-refractivity contribution in [3.63, 3.8) is 0 Å². The average molecular weight is 269 g/mol. The summed E-state index contributed by atoms with van der Waals surface area (Å²) < 4.78 is 0.575. The van der Waals surface area contributed by atoms with Gasteiger partial charge in [0.05, 0.1) is 4.43 Å². The normalized spacial score (nSPS) is 9.64. The van der Waals surface area contributed by atoms with E-state index in [1.807, 2.05) is 0 Å². The van der Waals surface area contributed by atoms with Crippen LogP contribution in [0.1, 0.15) is 32.6 Å². The number of alkyl halides is 1. The predicted octanol–water partition coefficient (Wildman–Crippen LogP) is 2.12. The molecule has 3 heteroatoms. The summed E-state index contributed by atoms with van der Waals surface area (Å²) in [6, 6.07) is 0. The van der Waals surface area contributed by atoms with Crippen LogP contribution in [0, 0.1) is 0 Å². The van der Waals surface area contributed by atoms with E-state index in [-0.39, 0.29) is 5.91 Å². The summed E-state index contributed by atoms with van der Waals surface area (Å²) in [6.45, 7) is 3.03. The zero-order valence-electron chi connectivity index (χ0n) is 7.03. The molecular weight excluding hydrogens is 253 g/mol. The molecule has 0 aliphatic rings. The molecule has 0 aliphatic carbocycles. The van der Waals surface area contributed by atoms with Crippen molar-refractivity contribution in [2.45, 2.75) is 32.6 Å². The van der Waals surface area contributed by atoms with Crippen molar-refractivity contribution in [1.29, 1.82) is 0 Å². The second-order valence-electron chi connectivity index (χ2n) is 2.54. The van der Waals surface area contributed by atoms with Gasteiger partial charge in [-0.25, -0.2) is 0 Å². The minimum Gasteiger partial charge on any atom is -0.355 e. The summed E-state index contributed by atoms with van der Waals surface area (Å²) in [4.78, 5) is 10.7. The molecule has 0 aliphatic heterocycles. The molecule has 0 aromatic rings. The van der Waals surface area contributed by atoms with Crippen LogP contribution in [-0.4, -0.2) is 16.9 Å². The van der Waals surface area contributed by atoms with Gasteiger partial charge in [-0.15, -0.1) is 0 Å². The van der Waals surface area contributed by atoms with Crippen molar-refractivity contribution in [2.75, 3.05) is 11.0 Å². The van der Waals surface area contributed by atoms with Gasteiger partial charge in [-0.05, 0) is 6.42 Å². The fourth-order valence-corrected chi connectivity index (χ4v) is 1.10. The third-order valence-corrected chi connectivity index (χ3v) is 2.17. The molecule has 0 saturated carbocycles. The second kappa shape index (κ2) is 8.30. The minimum atomic E-state index is 0.155. The lowest BCUT2D eigenvalue weighted by Crippen LogP contribution is -2.24. The number of amides is 1.